The lowest BCUT2D eigenvalue weighted by Crippen LogP contribution is -2.51. The third-order valence-electron chi connectivity index (χ3n) is 6.61. The number of aromatic hydroxyl groups is 1. The molecule has 3 saturated heterocycles. The largest absolute Gasteiger partial charge is 0.508 e. The van der Waals surface area contributed by atoms with Crippen molar-refractivity contribution in [1.29, 1.82) is 0 Å². The summed E-state index contributed by atoms with van der Waals surface area (Å²) < 4.78 is 0. The molecule has 0 aliphatic carbocycles. The molecule has 3 aliphatic heterocycles. The number of phenols is 1. The first-order valence-electron chi connectivity index (χ1n) is 10.7. The van der Waals surface area contributed by atoms with Gasteiger partial charge in [-0.3, -0.25) is 14.6 Å². The number of piperidine rings is 2. The molecular formula is C22H33N3O2. The van der Waals surface area contributed by atoms with Crippen LogP contribution in [-0.2, 0) is 11.3 Å². The van der Waals surface area contributed by atoms with Crippen LogP contribution in [0.25, 0.3) is 0 Å². The van der Waals surface area contributed by atoms with Crippen molar-refractivity contribution in [2.24, 2.45) is 5.92 Å². The molecule has 5 nitrogen and oxygen atoms in total. The van der Waals surface area contributed by atoms with Gasteiger partial charge in [0.05, 0.1) is 5.92 Å². The van der Waals surface area contributed by atoms with Gasteiger partial charge in [-0.15, -0.1) is 0 Å². The summed E-state index contributed by atoms with van der Waals surface area (Å²) in [5, 5.41) is 9.65. The fraction of sp³-hybridized carbons (Fsp3) is 0.682. The van der Waals surface area contributed by atoms with Gasteiger partial charge in [0.25, 0.3) is 0 Å². The van der Waals surface area contributed by atoms with Gasteiger partial charge in [-0.25, -0.2) is 0 Å². The third kappa shape index (κ3) is 4.64. The van der Waals surface area contributed by atoms with E-state index in [0.29, 0.717) is 17.7 Å². The smallest absolute Gasteiger partial charge is 0.226 e. The van der Waals surface area contributed by atoms with Crippen molar-refractivity contribution in [2.75, 3.05) is 39.3 Å². The zero-order chi connectivity index (χ0) is 18.6. The van der Waals surface area contributed by atoms with E-state index in [4.69, 9.17) is 0 Å². The molecule has 148 valence electrons. The molecule has 0 aromatic heterocycles. The van der Waals surface area contributed by atoms with Gasteiger partial charge >= 0.3 is 0 Å². The van der Waals surface area contributed by atoms with E-state index >= 15 is 0 Å². The van der Waals surface area contributed by atoms with Crippen LogP contribution in [0, 0.1) is 5.92 Å². The van der Waals surface area contributed by atoms with Crippen LogP contribution in [0.15, 0.2) is 24.3 Å². The number of carbonyl (C=O) groups excluding carboxylic acids is 1. The number of amides is 1. The van der Waals surface area contributed by atoms with E-state index in [0.717, 1.165) is 58.7 Å². The summed E-state index contributed by atoms with van der Waals surface area (Å²) in [6.07, 6.45) is 6.96. The number of hydrogen-bond donors (Lipinski definition) is 1. The van der Waals surface area contributed by atoms with Gasteiger partial charge in [0, 0.05) is 32.2 Å². The molecule has 3 aliphatic rings. The first-order chi connectivity index (χ1) is 13.2. The molecule has 3 heterocycles. The van der Waals surface area contributed by atoms with E-state index in [1.807, 2.05) is 12.1 Å². The average Bonchev–Trinajstić information content (AvgIpc) is 3.23. The predicted octanol–water partition coefficient (Wildman–Crippen LogP) is 2.69. The molecule has 0 saturated carbocycles. The molecule has 1 atom stereocenters. The summed E-state index contributed by atoms with van der Waals surface area (Å²) in [7, 11) is 0. The zero-order valence-electron chi connectivity index (χ0n) is 16.4. The van der Waals surface area contributed by atoms with Crippen LogP contribution in [0.2, 0.25) is 0 Å². The Kier molecular flexibility index (Phi) is 5.98. The molecule has 0 spiro atoms. The summed E-state index contributed by atoms with van der Waals surface area (Å²) in [6.45, 7) is 7.18. The van der Waals surface area contributed by atoms with E-state index < -0.39 is 0 Å². The van der Waals surface area contributed by atoms with E-state index in [-0.39, 0.29) is 5.92 Å². The summed E-state index contributed by atoms with van der Waals surface area (Å²) in [5.74, 6) is 0.991. The maximum Gasteiger partial charge on any atom is 0.226 e. The SMILES string of the molecule is O=C(C1CCCN(C2CCN(Cc3cccc(O)c3)CC2)C1)N1CCCC1. The lowest BCUT2D eigenvalue weighted by Gasteiger charge is -2.42. The normalized spacial score (nSPS) is 25.8. The summed E-state index contributed by atoms with van der Waals surface area (Å²) in [4.78, 5) is 20.0. The fourth-order valence-corrected chi connectivity index (χ4v) is 5.09. The van der Waals surface area contributed by atoms with Crippen molar-refractivity contribution in [1.82, 2.24) is 14.7 Å². The first kappa shape index (κ1) is 18.8. The van der Waals surface area contributed by atoms with Crippen LogP contribution in [0.4, 0.5) is 0 Å². The van der Waals surface area contributed by atoms with Crippen LogP contribution in [-0.4, -0.2) is 71.0 Å². The molecule has 0 radical (unpaired) electrons. The number of rotatable bonds is 4. The highest BCUT2D eigenvalue weighted by molar-refractivity contribution is 5.79. The van der Waals surface area contributed by atoms with E-state index in [2.05, 4.69) is 20.8 Å². The molecule has 3 fully saturated rings. The third-order valence-corrected chi connectivity index (χ3v) is 6.61. The molecular weight excluding hydrogens is 338 g/mol. The van der Waals surface area contributed by atoms with Gasteiger partial charge in [0.15, 0.2) is 0 Å². The molecule has 1 aromatic carbocycles. The van der Waals surface area contributed by atoms with Crippen LogP contribution >= 0.6 is 0 Å². The molecule has 5 heteroatoms. The lowest BCUT2D eigenvalue weighted by atomic mass is 9.93. The number of phenolic OH excluding ortho intramolecular Hbond substituents is 1. The first-order valence-corrected chi connectivity index (χ1v) is 10.7. The predicted molar refractivity (Wildman–Crippen MR) is 107 cm³/mol. The van der Waals surface area contributed by atoms with Crippen molar-refractivity contribution in [3.8, 4) is 5.75 Å². The quantitative estimate of drug-likeness (QED) is 0.884. The summed E-state index contributed by atoms with van der Waals surface area (Å²) >= 11 is 0. The molecule has 1 aromatic rings. The summed E-state index contributed by atoms with van der Waals surface area (Å²) in [6, 6.07) is 8.23. The Labute approximate surface area is 162 Å². The minimum absolute atomic E-state index is 0.224. The number of nitrogens with zero attached hydrogens (tertiary/aromatic N) is 3. The van der Waals surface area contributed by atoms with Crippen molar-refractivity contribution >= 4 is 5.91 Å². The second-order valence-electron chi connectivity index (χ2n) is 8.54. The molecule has 1 amide bonds. The Bertz CT molecular complexity index is 636. The number of likely N-dealkylation sites (tertiary alicyclic amines) is 3. The van der Waals surface area contributed by atoms with Crippen LogP contribution in [0.5, 0.6) is 5.75 Å². The Hall–Kier alpha value is -1.59. The molecule has 4 rings (SSSR count). The fourth-order valence-electron chi connectivity index (χ4n) is 5.09. The molecule has 1 unspecified atom stereocenters. The van der Waals surface area contributed by atoms with Crippen molar-refractivity contribution in [3.05, 3.63) is 29.8 Å². The minimum atomic E-state index is 0.224. The zero-order valence-corrected chi connectivity index (χ0v) is 16.4. The Morgan fingerprint density at radius 1 is 1.00 bits per heavy atom. The van der Waals surface area contributed by atoms with E-state index in [9.17, 15) is 9.90 Å². The molecule has 27 heavy (non-hydrogen) atoms. The maximum absolute atomic E-state index is 12.8. The van der Waals surface area contributed by atoms with Crippen molar-refractivity contribution in [2.45, 2.75) is 51.1 Å². The Morgan fingerprint density at radius 2 is 1.78 bits per heavy atom. The van der Waals surface area contributed by atoms with E-state index in [1.54, 1.807) is 6.07 Å². The highest BCUT2D eigenvalue weighted by atomic mass is 16.3. The van der Waals surface area contributed by atoms with Gasteiger partial charge < -0.3 is 10.0 Å². The van der Waals surface area contributed by atoms with Gasteiger partial charge in [-0.2, -0.15) is 0 Å². The number of carbonyl (C=O) groups is 1. The number of benzene rings is 1. The Balaban J connectivity index is 1.27. The van der Waals surface area contributed by atoms with Crippen LogP contribution in [0.1, 0.15) is 44.1 Å². The van der Waals surface area contributed by atoms with Gasteiger partial charge in [0.2, 0.25) is 5.91 Å². The standard InChI is InChI=1S/C22H33N3O2/c26-21-7-3-5-18(15-21)16-23-13-8-20(9-14-23)25-12-4-6-19(17-25)22(27)24-10-1-2-11-24/h3,5,7,15,19-20,26H,1-2,4,6,8-14,16-17H2. The van der Waals surface area contributed by atoms with Crippen molar-refractivity contribution < 1.29 is 9.90 Å². The highest BCUT2D eigenvalue weighted by Gasteiger charge is 2.34. The van der Waals surface area contributed by atoms with Gasteiger partial charge in [-0.05, 0) is 75.9 Å². The van der Waals surface area contributed by atoms with Gasteiger partial charge in [-0.1, -0.05) is 12.1 Å². The van der Waals surface area contributed by atoms with Gasteiger partial charge in [0.1, 0.15) is 5.75 Å². The van der Waals surface area contributed by atoms with Crippen LogP contribution in [0.3, 0.4) is 0 Å². The average molecular weight is 372 g/mol. The molecule has 1 N–H and O–H groups in total. The maximum atomic E-state index is 12.8. The van der Waals surface area contributed by atoms with Crippen molar-refractivity contribution in [3.63, 3.8) is 0 Å². The Morgan fingerprint density at radius 3 is 2.52 bits per heavy atom. The molecule has 0 bridgehead atoms. The second kappa shape index (κ2) is 8.61. The topological polar surface area (TPSA) is 47.0 Å². The lowest BCUT2D eigenvalue weighted by molar-refractivity contribution is -0.136. The van der Waals surface area contributed by atoms with E-state index in [1.165, 1.54) is 31.2 Å². The highest BCUT2D eigenvalue weighted by Crippen LogP contribution is 2.26. The minimum Gasteiger partial charge on any atom is -0.508 e. The second-order valence-corrected chi connectivity index (χ2v) is 8.54. The van der Waals surface area contributed by atoms with Crippen LogP contribution < -0.4 is 0 Å². The monoisotopic (exact) mass is 371 g/mol. The summed E-state index contributed by atoms with van der Waals surface area (Å²) in [5.41, 5.74) is 1.18. The number of hydrogen-bond acceptors (Lipinski definition) is 4.